The van der Waals surface area contributed by atoms with Crippen LogP contribution in [0.25, 0.3) is 16.8 Å². The van der Waals surface area contributed by atoms with Crippen LogP contribution in [0.2, 0.25) is 10.0 Å². The van der Waals surface area contributed by atoms with Crippen LogP contribution in [-0.4, -0.2) is 9.91 Å². The molecule has 28 heavy (non-hydrogen) atoms. The molecule has 0 atom stereocenters. The smallest absolute Gasteiger partial charge is 0.271 e. The van der Waals surface area contributed by atoms with E-state index in [-0.39, 0.29) is 16.9 Å². The molecule has 0 fully saturated rings. The van der Waals surface area contributed by atoms with Gasteiger partial charge in [-0.1, -0.05) is 23.2 Å². The molecule has 0 spiro atoms. The molecule has 1 aromatic heterocycles. The summed E-state index contributed by atoms with van der Waals surface area (Å²) in [5.74, 6) is -0.688. The number of non-ortho nitro benzene ring substituents is 1. The molecule has 2 aromatic carbocycles. The molecular weight excluding hydrogens is 426 g/mol. The molecule has 140 valence electrons. The van der Waals surface area contributed by atoms with Crippen LogP contribution in [0.5, 0.6) is 0 Å². The van der Waals surface area contributed by atoms with Crippen LogP contribution in [0, 0.1) is 27.3 Å². The van der Waals surface area contributed by atoms with Gasteiger partial charge in [-0.05, 0) is 24.3 Å². The van der Waals surface area contributed by atoms with Gasteiger partial charge in [-0.15, -0.1) is 11.3 Å². The zero-order chi connectivity index (χ0) is 20.3. The third-order valence-corrected chi connectivity index (χ3v) is 5.02. The summed E-state index contributed by atoms with van der Waals surface area (Å²) in [6.45, 7) is 0. The average Bonchev–Trinajstić information content (AvgIpc) is 3.13. The molecule has 0 aliphatic heterocycles. The lowest BCUT2D eigenvalue weighted by Gasteiger charge is -2.03. The summed E-state index contributed by atoms with van der Waals surface area (Å²) in [5, 5.41) is 25.8. The summed E-state index contributed by atoms with van der Waals surface area (Å²) >= 11 is 13.3. The summed E-state index contributed by atoms with van der Waals surface area (Å²) in [6, 6.07) is 10.0. The molecular formula is C18H9Cl2FN4O2S. The Hall–Kier alpha value is -2.99. The van der Waals surface area contributed by atoms with Crippen LogP contribution in [0.1, 0.15) is 5.01 Å². The number of allylic oxidation sites excluding steroid dienone is 1. The van der Waals surface area contributed by atoms with Crippen molar-refractivity contribution in [3.05, 3.63) is 79.0 Å². The Morgan fingerprint density at radius 1 is 1.32 bits per heavy atom. The first-order valence-electron chi connectivity index (χ1n) is 7.61. The minimum atomic E-state index is -0.688. The fourth-order valence-electron chi connectivity index (χ4n) is 2.25. The summed E-state index contributed by atoms with van der Waals surface area (Å²) in [4.78, 5) is 14.6. The van der Waals surface area contributed by atoms with E-state index in [0.29, 0.717) is 26.3 Å². The highest BCUT2D eigenvalue weighted by Crippen LogP contribution is 2.32. The fourth-order valence-corrected chi connectivity index (χ4v) is 3.54. The standard InChI is InChI=1S/C18H9Cl2FN4O2S/c19-11-1-3-13(14(20)5-11)17-9-28-18(24-17)10(7-22)8-23-16-6-12(25(26)27)2-4-15(16)21/h1-6,8-9,23H. The number of anilines is 1. The van der Waals surface area contributed by atoms with Crippen molar-refractivity contribution >= 4 is 51.5 Å². The van der Waals surface area contributed by atoms with Gasteiger partial charge in [-0.25, -0.2) is 9.37 Å². The molecule has 3 aromatic rings. The Morgan fingerprint density at radius 3 is 2.79 bits per heavy atom. The molecule has 0 bridgehead atoms. The summed E-state index contributed by atoms with van der Waals surface area (Å²) in [6.07, 6.45) is 1.24. The Bertz CT molecular complexity index is 1140. The number of nitro groups is 1. The van der Waals surface area contributed by atoms with Gasteiger partial charge < -0.3 is 5.32 Å². The maximum absolute atomic E-state index is 13.9. The molecule has 0 aliphatic carbocycles. The molecule has 1 N–H and O–H groups in total. The second-order valence-electron chi connectivity index (χ2n) is 5.40. The maximum atomic E-state index is 13.9. The van der Waals surface area contributed by atoms with E-state index in [4.69, 9.17) is 23.2 Å². The molecule has 0 saturated carbocycles. The minimum absolute atomic E-state index is 0.125. The number of aromatic nitrogens is 1. The zero-order valence-corrected chi connectivity index (χ0v) is 16.1. The van der Waals surface area contributed by atoms with Gasteiger partial charge in [0.05, 0.1) is 21.3 Å². The Kier molecular flexibility index (Phi) is 5.90. The van der Waals surface area contributed by atoms with Crippen molar-refractivity contribution in [1.29, 1.82) is 5.26 Å². The number of nitrogens with zero attached hydrogens (tertiary/aromatic N) is 3. The molecule has 0 saturated heterocycles. The van der Waals surface area contributed by atoms with E-state index in [0.717, 1.165) is 18.2 Å². The fraction of sp³-hybridized carbons (Fsp3) is 0. The maximum Gasteiger partial charge on any atom is 0.271 e. The monoisotopic (exact) mass is 434 g/mol. The third kappa shape index (κ3) is 4.28. The van der Waals surface area contributed by atoms with Gasteiger partial charge in [0.1, 0.15) is 22.5 Å². The van der Waals surface area contributed by atoms with Crippen molar-refractivity contribution in [2.45, 2.75) is 0 Å². The van der Waals surface area contributed by atoms with E-state index in [2.05, 4.69) is 10.3 Å². The first kappa shape index (κ1) is 19.8. The molecule has 10 heteroatoms. The van der Waals surface area contributed by atoms with E-state index >= 15 is 0 Å². The van der Waals surface area contributed by atoms with Crippen LogP contribution in [0.3, 0.4) is 0 Å². The number of halogens is 3. The summed E-state index contributed by atoms with van der Waals surface area (Å²) < 4.78 is 13.9. The number of nitrogens with one attached hydrogen (secondary N) is 1. The van der Waals surface area contributed by atoms with Crippen molar-refractivity contribution in [1.82, 2.24) is 4.98 Å². The van der Waals surface area contributed by atoms with Crippen LogP contribution in [0.15, 0.2) is 48.0 Å². The third-order valence-electron chi connectivity index (χ3n) is 3.59. The quantitative estimate of drug-likeness (QED) is 0.295. The predicted molar refractivity (Wildman–Crippen MR) is 108 cm³/mol. The topological polar surface area (TPSA) is 91.8 Å². The molecule has 0 aliphatic rings. The lowest BCUT2D eigenvalue weighted by Crippen LogP contribution is -1.96. The van der Waals surface area contributed by atoms with Gasteiger partial charge in [0, 0.05) is 34.3 Å². The molecule has 6 nitrogen and oxygen atoms in total. The zero-order valence-electron chi connectivity index (χ0n) is 13.8. The minimum Gasteiger partial charge on any atom is -0.358 e. The second-order valence-corrected chi connectivity index (χ2v) is 7.10. The van der Waals surface area contributed by atoms with Crippen molar-refractivity contribution < 1.29 is 9.31 Å². The van der Waals surface area contributed by atoms with Crippen molar-refractivity contribution in [2.75, 3.05) is 5.32 Å². The Morgan fingerprint density at radius 2 is 2.11 bits per heavy atom. The summed E-state index contributed by atoms with van der Waals surface area (Å²) in [7, 11) is 0. The van der Waals surface area contributed by atoms with Crippen LogP contribution in [0.4, 0.5) is 15.8 Å². The van der Waals surface area contributed by atoms with Gasteiger partial charge in [0.2, 0.25) is 0 Å². The number of rotatable bonds is 5. The molecule has 0 amide bonds. The highest BCUT2D eigenvalue weighted by atomic mass is 35.5. The van der Waals surface area contributed by atoms with Crippen LogP contribution in [-0.2, 0) is 0 Å². The average molecular weight is 435 g/mol. The molecule has 0 unspecified atom stereocenters. The highest BCUT2D eigenvalue weighted by molar-refractivity contribution is 7.11. The number of hydrogen-bond donors (Lipinski definition) is 1. The van der Waals surface area contributed by atoms with Crippen LogP contribution >= 0.6 is 34.5 Å². The van der Waals surface area contributed by atoms with Crippen molar-refractivity contribution in [2.24, 2.45) is 0 Å². The number of nitro benzene ring substituents is 1. The second kappa shape index (κ2) is 8.35. The lowest BCUT2D eigenvalue weighted by molar-refractivity contribution is -0.384. The van der Waals surface area contributed by atoms with E-state index in [1.165, 1.54) is 17.5 Å². The van der Waals surface area contributed by atoms with Gasteiger partial charge >= 0.3 is 0 Å². The first-order chi connectivity index (χ1) is 13.4. The lowest BCUT2D eigenvalue weighted by atomic mass is 10.2. The number of nitriles is 1. The molecule has 0 radical (unpaired) electrons. The van der Waals surface area contributed by atoms with Crippen LogP contribution < -0.4 is 5.32 Å². The van der Waals surface area contributed by atoms with Crippen molar-refractivity contribution in [3.63, 3.8) is 0 Å². The van der Waals surface area contributed by atoms with E-state index in [1.54, 1.807) is 23.6 Å². The van der Waals surface area contributed by atoms with Gasteiger partial charge in [0.25, 0.3) is 5.69 Å². The normalized spacial score (nSPS) is 11.1. The largest absolute Gasteiger partial charge is 0.358 e. The number of hydrogen-bond acceptors (Lipinski definition) is 6. The van der Waals surface area contributed by atoms with E-state index < -0.39 is 10.7 Å². The van der Waals surface area contributed by atoms with Gasteiger partial charge in [-0.2, -0.15) is 5.26 Å². The van der Waals surface area contributed by atoms with Gasteiger partial charge in [0.15, 0.2) is 0 Å². The number of benzene rings is 2. The van der Waals surface area contributed by atoms with E-state index in [9.17, 15) is 19.8 Å². The predicted octanol–water partition coefficient (Wildman–Crippen LogP) is 6.14. The van der Waals surface area contributed by atoms with Crippen molar-refractivity contribution in [3.8, 4) is 17.3 Å². The summed E-state index contributed by atoms with van der Waals surface area (Å²) in [5.41, 5.74) is 0.948. The Balaban J connectivity index is 1.89. The van der Waals surface area contributed by atoms with Gasteiger partial charge in [-0.3, -0.25) is 10.1 Å². The van der Waals surface area contributed by atoms with E-state index in [1.807, 2.05) is 6.07 Å². The molecule has 1 heterocycles. The Labute approximate surface area is 172 Å². The first-order valence-corrected chi connectivity index (χ1v) is 9.24. The SMILES string of the molecule is N#CC(=CNc1cc([N+](=O)[O-])ccc1F)c1nc(-c2ccc(Cl)cc2Cl)cs1. The number of thiazole rings is 1. The molecule has 3 rings (SSSR count). The highest BCUT2D eigenvalue weighted by Gasteiger charge is 2.13.